The molecule has 5 heteroatoms. The topological polar surface area (TPSA) is 39.9 Å². The second-order valence-corrected chi connectivity index (χ2v) is 3.64. The van der Waals surface area contributed by atoms with Gasteiger partial charge in [0, 0.05) is 31.0 Å². The van der Waals surface area contributed by atoms with Crippen LogP contribution in [0.3, 0.4) is 0 Å². The molecule has 0 amide bonds. The summed E-state index contributed by atoms with van der Waals surface area (Å²) in [6, 6.07) is 0. The molecule has 0 N–H and O–H groups in total. The van der Waals surface area contributed by atoms with Gasteiger partial charge >= 0.3 is 0 Å². The fraction of sp³-hybridized carbons (Fsp3) is 0.750. The van der Waals surface area contributed by atoms with Crippen molar-refractivity contribution in [3.63, 3.8) is 0 Å². The van der Waals surface area contributed by atoms with Crippen LogP contribution in [0.2, 0.25) is 0 Å². The molecule has 1 aromatic rings. The van der Waals surface area contributed by atoms with E-state index in [4.69, 9.17) is 4.74 Å². The Hall–Kier alpha value is -0.550. The summed E-state index contributed by atoms with van der Waals surface area (Å²) in [5, 5.41) is 7.99. The molecule has 72 valence electrons. The van der Waals surface area contributed by atoms with Gasteiger partial charge in [-0.25, -0.2) is 0 Å². The van der Waals surface area contributed by atoms with Crippen molar-refractivity contribution in [2.45, 2.75) is 18.7 Å². The average molecular weight is 199 g/mol. The Balaban J connectivity index is 1.92. The summed E-state index contributed by atoms with van der Waals surface area (Å²) in [4.78, 5) is 0. The second-order valence-electron chi connectivity index (χ2n) is 3.32. The molecular formula is C8H13N3OS. The zero-order chi connectivity index (χ0) is 9.10. The van der Waals surface area contributed by atoms with Gasteiger partial charge in [0.25, 0.3) is 0 Å². The molecule has 1 fully saturated rings. The molecule has 2 rings (SSSR count). The van der Waals surface area contributed by atoms with Crippen LogP contribution in [0.5, 0.6) is 0 Å². The summed E-state index contributed by atoms with van der Waals surface area (Å²) >= 11 is 4.13. The van der Waals surface area contributed by atoms with E-state index < -0.39 is 0 Å². The van der Waals surface area contributed by atoms with E-state index in [2.05, 4.69) is 22.9 Å². The van der Waals surface area contributed by atoms with Gasteiger partial charge in [0.2, 0.25) is 0 Å². The highest BCUT2D eigenvalue weighted by atomic mass is 32.1. The Bertz CT molecular complexity index is 270. The van der Waals surface area contributed by atoms with Gasteiger partial charge in [-0.1, -0.05) is 5.21 Å². The maximum atomic E-state index is 5.29. The van der Waals surface area contributed by atoms with Crippen molar-refractivity contribution in [3.8, 4) is 0 Å². The fourth-order valence-corrected chi connectivity index (χ4v) is 1.64. The standard InChI is InChI=1S/C8H13N3OS/c13-6-8-4-11(10-9-8)3-7-1-2-12-5-7/h4,7,13H,1-3,5-6H2. The summed E-state index contributed by atoms with van der Waals surface area (Å²) < 4.78 is 7.17. The van der Waals surface area contributed by atoms with Crippen LogP contribution >= 0.6 is 12.6 Å². The lowest BCUT2D eigenvalue weighted by Crippen LogP contribution is -2.10. The largest absolute Gasteiger partial charge is 0.381 e. The van der Waals surface area contributed by atoms with Crippen LogP contribution in [0.15, 0.2) is 6.20 Å². The Morgan fingerprint density at radius 2 is 2.62 bits per heavy atom. The molecule has 0 radical (unpaired) electrons. The number of thiol groups is 1. The highest BCUT2D eigenvalue weighted by molar-refractivity contribution is 7.79. The molecule has 2 heterocycles. The first-order valence-electron chi connectivity index (χ1n) is 4.46. The molecule has 0 spiro atoms. The van der Waals surface area contributed by atoms with E-state index in [0.29, 0.717) is 11.7 Å². The van der Waals surface area contributed by atoms with Gasteiger partial charge in [-0.05, 0) is 6.42 Å². The molecular weight excluding hydrogens is 186 g/mol. The van der Waals surface area contributed by atoms with Crippen LogP contribution in [0.25, 0.3) is 0 Å². The molecule has 0 aromatic carbocycles. The van der Waals surface area contributed by atoms with Crippen molar-refractivity contribution in [1.29, 1.82) is 0 Å². The number of hydrogen-bond acceptors (Lipinski definition) is 4. The summed E-state index contributed by atoms with van der Waals surface area (Å²) in [7, 11) is 0. The molecule has 4 nitrogen and oxygen atoms in total. The van der Waals surface area contributed by atoms with E-state index in [1.807, 2.05) is 10.9 Å². The molecule has 1 unspecified atom stereocenters. The van der Waals surface area contributed by atoms with Crippen molar-refractivity contribution in [1.82, 2.24) is 15.0 Å². The van der Waals surface area contributed by atoms with Crippen LogP contribution in [0.4, 0.5) is 0 Å². The summed E-state index contributed by atoms with van der Waals surface area (Å²) in [5.41, 5.74) is 0.933. The van der Waals surface area contributed by atoms with E-state index in [1.54, 1.807) is 0 Å². The summed E-state index contributed by atoms with van der Waals surface area (Å²) in [6.45, 7) is 2.66. The van der Waals surface area contributed by atoms with Gasteiger partial charge < -0.3 is 4.74 Å². The summed E-state index contributed by atoms with van der Waals surface area (Å²) in [6.07, 6.45) is 3.08. The van der Waals surface area contributed by atoms with E-state index >= 15 is 0 Å². The maximum absolute atomic E-state index is 5.29. The molecule has 13 heavy (non-hydrogen) atoms. The van der Waals surface area contributed by atoms with Crippen molar-refractivity contribution in [3.05, 3.63) is 11.9 Å². The number of hydrogen-bond donors (Lipinski definition) is 1. The highest BCUT2D eigenvalue weighted by Gasteiger charge is 2.16. The second kappa shape index (κ2) is 4.11. The minimum absolute atomic E-state index is 0.606. The molecule has 0 aliphatic carbocycles. The monoisotopic (exact) mass is 199 g/mol. The van der Waals surface area contributed by atoms with Gasteiger partial charge in [0.05, 0.1) is 12.3 Å². The van der Waals surface area contributed by atoms with Crippen LogP contribution in [0.1, 0.15) is 12.1 Å². The van der Waals surface area contributed by atoms with Gasteiger partial charge in [0.1, 0.15) is 0 Å². The molecule has 1 aromatic heterocycles. The number of nitrogens with zero attached hydrogens (tertiary/aromatic N) is 3. The molecule has 0 bridgehead atoms. The molecule has 0 saturated carbocycles. The van der Waals surface area contributed by atoms with Crippen molar-refractivity contribution < 1.29 is 4.74 Å². The van der Waals surface area contributed by atoms with Crippen molar-refractivity contribution >= 4 is 12.6 Å². The molecule has 1 saturated heterocycles. The highest BCUT2D eigenvalue weighted by Crippen LogP contribution is 2.14. The lowest BCUT2D eigenvalue weighted by Gasteiger charge is -2.05. The lowest BCUT2D eigenvalue weighted by molar-refractivity contribution is 0.181. The molecule has 1 atom stereocenters. The summed E-state index contributed by atoms with van der Waals surface area (Å²) in [5.74, 6) is 1.26. The average Bonchev–Trinajstić information content (AvgIpc) is 2.76. The third kappa shape index (κ3) is 2.22. The van der Waals surface area contributed by atoms with Gasteiger partial charge in [-0.15, -0.1) is 5.10 Å². The van der Waals surface area contributed by atoms with E-state index in [-0.39, 0.29) is 0 Å². The normalized spacial score (nSPS) is 22.4. The predicted molar refractivity (Wildman–Crippen MR) is 51.6 cm³/mol. The smallest absolute Gasteiger partial charge is 0.0923 e. The maximum Gasteiger partial charge on any atom is 0.0923 e. The van der Waals surface area contributed by atoms with Crippen LogP contribution in [-0.4, -0.2) is 28.2 Å². The minimum Gasteiger partial charge on any atom is -0.381 e. The molecule has 1 aliphatic heterocycles. The third-order valence-electron chi connectivity index (χ3n) is 2.22. The van der Waals surface area contributed by atoms with Gasteiger partial charge in [-0.3, -0.25) is 4.68 Å². The zero-order valence-corrected chi connectivity index (χ0v) is 8.28. The lowest BCUT2D eigenvalue weighted by atomic mass is 10.1. The van der Waals surface area contributed by atoms with E-state index in [0.717, 1.165) is 31.9 Å². The zero-order valence-electron chi connectivity index (χ0n) is 7.39. The van der Waals surface area contributed by atoms with Gasteiger partial charge in [0.15, 0.2) is 0 Å². The van der Waals surface area contributed by atoms with Crippen molar-refractivity contribution in [2.24, 2.45) is 5.92 Å². The van der Waals surface area contributed by atoms with Gasteiger partial charge in [-0.2, -0.15) is 12.6 Å². The van der Waals surface area contributed by atoms with Crippen molar-refractivity contribution in [2.75, 3.05) is 13.2 Å². The Morgan fingerprint density at radius 1 is 1.69 bits per heavy atom. The van der Waals surface area contributed by atoms with E-state index in [1.165, 1.54) is 0 Å². The van der Waals surface area contributed by atoms with Crippen LogP contribution in [-0.2, 0) is 17.0 Å². The Morgan fingerprint density at radius 3 is 3.23 bits per heavy atom. The number of rotatable bonds is 3. The molecule has 1 aliphatic rings. The predicted octanol–water partition coefficient (Wildman–Crippen LogP) is 0.744. The van der Waals surface area contributed by atoms with E-state index in [9.17, 15) is 0 Å². The Labute approximate surface area is 82.7 Å². The SMILES string of the molecule is SCc1cn(CC2CCOC2)nn1. The first kappa shape index (κ1) is 9.02. The fourth-order valence-electron chi connectivity index (χ4n) is 1.49. The third-order valence-corrected chi connectivity index (χ3v) is 2.54. The quantitative estimate of drug-likeness (QED) is 0.730. The Kier molecular flexibility index (Phi) is 2.85. The van der Waals surface area contributed by atoms with Crippen LogP contribution in [0, 0.1) is 5.92 Å². The number of aromatic nitrogens is 3. The number of ether oxygens (including phenoxy) is 1. The first-order chi connectivity index (χ1) is 6.38. The van der Waals surface area contributed by atoms with Crippen LogP contribution < -0.4 is 0 Å². The minimum atomic E-state index is 0.606. The first-order valence-corrected chi connectivity index (χ1v) is 5.09.